The van der Waals surface area contributed by atoms with E-state index in [1.54, 1.807) is 18.2 Å². The Kier molecular flexibility index (Phi) is 5.18. The number of rotatable bonds is 4. The Hall–Kier alpha value is -2.29. The van der Waals surface area contributed by atoms with Crippen LogP contribution in [0.5, 0.6) is 11.5 Å². The first kappa shape index (κ1) is 19.0. The van der Waals surface area contributed by atoms with E-state index in [1.807, 2.05) is 0 Å². The predicted molar refractivity (Wildman–Crippen MR) is 104 cm³/mol. The monoisotopic (exact) mass is 422 g/mol. The third-order valence-electron chi connectivity index (χ3n) is 4.74. The van der Waals surface area contributed by atoms with Gasteiger partial charge in [0.15, 0.2) is 11.5 Å². The number of ether oxygens (including phenoxy) is 2. The van der Waals surface area contributed by atoms with Crippen molar-refractivity contribution in [1.82, 2.24) is 4.31 Å². The summed E-state index contributed by atoms with van der Waals surface area (Å²) in [5.41, 5.74) is 0.532. The van der Waals surface area contributed by atoms with Crippen LogP contribution in [0.3, 0.4) is 0 Å². The molecule has 28 heavy (non-hydrogen) atoms. The molecule has 4 rings (SSSR count). The van der Waals surface area contributed by atoms with E-state index < -0.39 is 16.1 Å². The Morgan fingerprint density at radius 1 is 1.07 bits per heavy atom. The minimum atomic E-state index is -3.79. The van der Waals surface area contributed by atoms with Gasteiger partial charge in [0.05, 0.1) is 4.90 Å². The number of nitrogens with zero attached hydrogens (tertiary/aromatic N) is 1. The zero-order valence-corrected chi connectivity index (χ0v) is 16.5. The third kappa shape index (κ3) is 3.67. The Morgan fingerprint density at radius 2 is 1.79 bits per heavy atom. The summed E-state index contributed by atoms with van der Waals surface area (Å²) >= 11 is 5.85. The molecule has 1 unspecified atom stereocenters. The second-order valence-corrected chi connectivity index (χ2v) is 8.90. The van der Waals surface area contributed by atoms with Gasteiger partial charge < -0.3 is 14.8 Å². The molecule has 0 spiro atoms. The quantitative estimate of drug-likeness (QED) is 0.818. The predicted octanol–water partition coefficient (Wildman–Crippen LogP) is 2.90. The van der Waals surface area contributed by atoms with Crippen LogP contribution >= 0.6 is 11.6 Å². The fourth-order valence-corrected chi connectivity index (χ4v) is 5.16. The lowest BCUT2D eigenvalue weighted by molar-refractivity contribution is -0.119. The van der Waals surface area contributed by atoms with Crippen molar-refractivity contribution in [2.75, 3.05) is 25.1 Å². The summed E-state index contributed by atoms with van der Waals surface area (Å²) in [6.07, 6.45) is 1.08. The smallest absolute Gasteiger partial charge is 0.243 e. The average molecular weight is 423 g/mol. The zero-order valence-electron chi connectivity index (χ0n) is 14.9. The molecular formula is C19H19ClN2O5S. The Morgan fingerprint density at radius 3 is 2.54 bits per heavy atom. The number of halogens is 1. The molecule has 7 nitrogen and oxygen atoms in total. The lowest BCUT2D eigenvalue weighted by atomic mass is 10.2. The van der Waals surface area contributed by atoms with Crippen molar-refractivity contribution in [2.45, 2.75) is 23.8 Å². The van der Waals surface area contributed by atoms with Crippen LogP contribution in [0.15, 0.2) is 47.4 Å². The van der Waals surface area contributed by atoms with Crippen LogP contribution in [0, 0.1) is 0 Å². The normalized spacial score (nSPS) is 19.4. The largest absolute Gasteiger partial charge is 0.486 e. The Bertz CT molecular complexity index is 994. The molecule has 2 aliphatic heterocycles. The fraction of sp³-hybridized carbons (Fsp3) is 0.316. The number of hydrogen-bond donors (Lipinski definition) is 1. The highest BCUT2D eigenvalue weighted by atomic mass is 35.5. The average Bonchev–Trinajstić information content (AvgIpc) is 3.19. The van der Waals surface area contributed by atoms with E-state index in [4.69, 9.17) is 21.1 Å². The molecule has 0 radical (unpaired) electrons. The SMILES string of the molecule is O=C(Nc1ccc2c(c1)OCCO2)C1CCCN1S(=O)(=O)c1ccc(Cl)cc1. The molecule has 2 aromatic rings. The minimum Gasteiger partial charge on any atom is -0.486 e. The summed E-state index contributed by atoms with van der Waals surface area (Å²) in [5, 5.41) is 3.25. The van der Waals surface area contributed by atoms with Gasteiger partial charge in [0, 0.05) is 23.3 Å². The highest BCUT2D eigenvalue weighted by Gasteiger charge is 2.39. The van der Waals surface area contributed by atoms with Crippen LogP contribution in [-0.4, -0.2) is 44.4 Å². The van der Waals surface area contributed by atoms with Crippen molar-refractivity contribution in [3.63, 3.8) is 0 Å². The highest BCUT2D eigenvalue weighted by Crippen LogP contribution is 2.33. The molecule has 0 aliphatic carbocycles. The maximum absolute atomic E-state index is 13.0. The molecule has 2 aromatic carbocycles. The first-order valence-corrected chi connectivity index (χ1v) is 10.7. The van der Waals surface area contributed by atoms with Gasteiger partial charge in [0.25, 0.3) is 0 Å². The van der Waals surface area contributed by atoms with Gasteiger partial charge in [-0.05, 0) is 49.2 Å². The summed E-state index contributed by atoms with van der Waals surface area (Å²) in [6, 6.07) is 10.3. The highest BCUT2D eigenvalue weighted by molar-refractivity contribution is 7.89. The van der Waals surface area contributed by atoms with Gasteiger partial charge >= 0.3 is 0 Å². The van der Waals surface area contributed by atoms with Gasteiger partial charge in [-0.25, -0.2) is 8.42 Å². The van der Waals surface area contributed by atoms with Gasteiger partial charge in [-0.15, -0.1) is 0 Å². The van der Waals surface area contributed by atoms with Crippen molar-refractivity contribution >= 4 is 33.2 Å². The number of anilines is 1. The molecule has 2 heterocycles. The van der Waals surface area contributed by atoms with Crippen LogP contribution in [0.25, 0.3) is 0 Å². The summed E-state index contributed by atoms with van der Waals surface area (Å²) in [7, 11) is -3.79. The Labute approximate surface area is 168 Å². The number of carbonyl (C=O) groups excluding carboxylic acids is 1. The zero-order chi connectivity index (χ0) is 19.7. The maximum Gasteiger partial charge on any atom is 0.243 e. The molecule has 0 bridgehead atoms. The summed E-state index contributed by atoms with van der Waals surface area (Å²) in [4.78, 5) is 12.9. The van der Waals surface area contributed by atoms with E-state index in [9.17, 15) is 13.2 Å². The van der Waals surface area contributed by atoms with E-state index in [0.717, 1.165) is 0 Å². The Balaban J connectivity index is 1.53. The van der Waals surface area contributed by atoms with Crippen molar-refractivity contribution < 1.29 is 22.7 Å². The summed E-state index contributed by atoms with van der Waals surface area (Å²) in [6.45, 7) is 1.22. The van der Waals surface area contributed by atoms with Crippen LogP contribution in [0.2, 0.25) is 5.02 Å². The molecule has 1 N–H and O–H groups in total. The van der Waals surface area contributed by atoms with Crippen LogP contribution in [-0.2, 0) is 14.8 Å². The van der Waals surface area contributed by atoms with E-state index in [-0.39, 0.29) is 10.8 Å². The molecule has 148 valence electrons. The number of sulfonamides is 1. The van der Waals surface area contributed by atoms with Crippen molar-refractivity contribution in [1.29, 1.82) is 0 Å². The van der Waals surface area contributed by atoms with Crippen LogP contribution in [0.4, 0.5) is 5.69 Å². The van der Waals surface area contributed by atoms with Crippen LogP contribution in [0.1, 0.15) is 12.8 Å². The second-order valence-electron chi connectivity index (χ2n) is 6.58. The van der Waals surface area contributed by atoms with Crippen molar-refractivity contribution in [3.8, 4) is 11.5 Å². The molecule has 1 amide bonds. The van der Waals surface area contributed by atoms with E-state index in [0.29, 0.717) is 54.8 Å². The van der Waals surface area contributed by atoms with Crippen molar-refractivity contribution in [2.24, 2.45) is 0 Å². The third-order valence-corrected chi connectivity index (χ3v) is 6.91. The molecular weight excluding hydrogens is 404 g/mol. The number of carbonyl (C=O) groups is 1. The van der Waals surface area contributed by atoms with Gasteiger partial charge in [-0.1, -0.05) is 11.6 Å². The fourth-order valence-electron chi connectivity index (χ4n) is 3.38. The molecule has 0 aromatic heterocycles. The van der Waals surface area contributed by atoms with Crippen LogP contribution < -0.4 is 14.8 Å². The lowest BCUT2D eigenvalue weighted by Crippen LogP contribution is -2.43. The van der Waals surface area contributed by atoms with E-state index in [1.165, 1.54) is 28.6 Å². The molecule has 1 fully saturated rings. The van der Waals surface area contributed by atoms with E-state index in [2.05, 4.69) is 5.32 Å². The number of amides is 1. The van der Waals surface area contributed by atoms with Gasteiger partial charge in [-0.2, -0.15) is 4.31 Å². The molecule has 9 heteroatoms. The van der Waals surface area contributed by atoms with Gasteiger partial charge in [0.2, 0.25) is 15.9 Å². The van der Waals surface area contributed by atoms with Crippen molar-refractivity contribution in [3.05, 3.63) is 47.5 Å². The topological polar surface area (TPSA) is 84.9 Å². The van der Waals surface area contributed by atoms with E-state index >= 15 is 0 Å². The first-order valence-electron chi connectivity index (χ1n) is 8.93. The standard InChI is InChI=1S/C19H19ClN2O5S/c20-13-3-6-15(7-4-13)28(24,25)22-9-1-2-16(22)19(23)21-14-5-8-17-18(12-14)27-11-10-26-17/h3-8,12,16H,1-2,9-11H2,(H,21,23). The number of nitrogens with one attached hydrogen (secondary N) is 1. The number of hydrogen-bond acceptors (Lipinski definition) is 5. The second kappa shape index (κ2) is 7.62. The maximum atomic E-state index is 13.0. The summed E-state index contributed by atoms with van der Waals surface area (Å²) in [5.74, 6) is 0.810. The number of fused-ring (bicyclic) bond motifs is 1. The number of benzene rings is 2. The minimum absolute atomic E-state index is 0.121. The molecule has 2 aliphatic rings. The molecule has 1 saturated heterocycles. The first-order chi connectivity index (χ1) is 13.4. The van der Waals surface area contributed by atoms with Gasteiger partial charge in [0.1, 0.15) is 19.3 Å². The van der Waals surface area contributed by atoms with Gasteiger partial charge in [-0.3, -0.25) is 4.79 Å². The lowest BCUT2D eigenvalue weighted by Gasteiger charge is -2.24. The summed E-state index contributed by atoms with van der Waals surface area (Å²) < 4.78 is 38.2. The molecule has 0 saturated carbocycles. The molecule has 1 atom stereocenters.